The van der Waals surface area contributed by atoms with E-state index in [1.165, 1.54) is 24.3 Å². The quantitative estimate of drug-likeness (QED) is 0.643. The van der Waals surface area contributed by atoms with Crippen LogP contribution in [-0.2, 0) is 0 Å². The molecule has 2 rings (SSSR count). The average Bonchev–Trinajstić information content (AvgIpc) is 2.54. The van der Waals surface area contributed by atoms with Crippen molar-refractivity contribution < 1.29 is 0 Å². The summed E-state index contributed by atoms with van der Waals surface area (Å²) in [6, 6.07) is 1.59. The van der Waals surface area contributed by atoms with Crippen LogP contribution in [0.1, 0.15) is 54.4 Å². The van der Waals surface area contributed by atoms with E-state index in [-0.39, 0.29) is 0 Å². The van der Waals surface area contributed by atoms with Crippen LogP contribution in [-0.4, -0.2) is 34.0 Å². The second-order valence-corrected chi connectivity index (χ2v) is 9.04. The Morgan fingerprint density at radius 2 is 1.71 bits per heavy atom. The van der Waals surface area contributed by atoms with Crippen LogP contribution in [0.2, 0.25) is 0 Å². The molecule has 0 bridgehead atoms. The van der Waals surface area contributed by atoms with Gasteiger partial charge in [-0.05, 0) is 50.7 Å². The first-order valence-electron chi connectivity index (χ1n) is 7.07. The highest BCUT2D eigenvalue weighted by Gasteiger charge is 2.49. The lowest BCUT2D eigenvalue weighted by Crippen LogP contribution is -2.54. The van der Waals surface area contributed by atoms with Crippen molar-refractivity contribution in [3.63, 3.8) is 0 Å². The van der Waals surface area contributed by atoms with Crippen LogP contribution in [0.15, 0.2) is 0 Å². The van der Waals surface area contributed by atoms with E-state index in [9.17, 15) is 0 Å². The molecule has 2 fully saturated rings. The van der Waals surface area contributed by atoms with Crippen LogP contribution >= 0.6 is 11.8 Å². The van der Waals surface area contributed by atoms with E-state index in [1.54, 1.807) is 0 Å². The van der Waals surface area contributed by atoms with E-state index >= 15 is 0 Å². The minimum atomic E-state index is 0.315. The molecule has 2 aliphatic heterocycles. The number of nitrogens with zero attached hydrogens (tertiary/aromatic N) is 1. The van der Waals surface area contributed by atoms with Crippen molar-refractivity contribution in [1.29, 1.82) is 0 Å². The molecule has 2 aliphatic rings. The Morgan fingerprint density at radius 1 is 1.06 bits per heavy atom. The number of hydrogen-bond acceptors (Lipinski definition) is 2. The fourth-order valence-electron chi connectivity index (χ4n) is 3.72. The molecule has 2 heterocycles. The van der Waals surface area contributed by atoms with Crippen LogP contribution < -0.4 is 0 Å². The maximum Gasteiger partial charge on any atom is 0.0223 e. The molecule has 0 aromatic heterocycles. The molecule has 0 aromatic rings. The number of thioether (sulfide) groups is 1. The first kappa shape index (κ1) is 13.7. The van der Waals surface area contributed by atoms with Gasteiger partial charge in [0.25, 0.3) is 0 Å². The summed E-state index contributed by atoms with van der Waals surface area (Å²) in [5, 5.41) is 0. The SMILES string of the molecule is CC(C)(C)C1CC2CCSCC2N1C(C)(C)C. The molecule has 0 aromatic carbocycles. The minimum absolute atomic E-state index is 0.315. The molecule has 17 heavy (non-hydrogen) atoms. The monoisotopic (exact) mass is 255 g/mol. The van der Waals surface area contributed by atoms with Gasteiger partial charge < -0.3 is 0 Å². The van der Waals surface area contributed by atoms with Gasteiger partial charge >= 0.3 is 0 Å². The minimum Gasteiger partial charge on any atom is -0.291 e. The lowest BCUT2D eigenvalue weighted by molar-refractivity contribution is 0.0286. The number of likely N-dealkylation sites (tertiary alicyclic amines) is 1. The number of fused-ring (bicyclic) bond motifs is 1. The summed E-state index contributed by atoms with van der Waals surface area (Å²) >= 11 is 2.16. The van der Waals surface area contributed by atoms with Gasteiger partial charge in [-0.2, -0.15) is 11.8 Å². The first-order chi connectivity index (χ1) is 7.71. The summed E-state index contributed by atoms with van der Waals surface area (Å²) in [6.07, 6.45) is 2.86. The van der Waals surface area contributed by atoms with Crippen molar-refractivity contribution in [3.8, 4) is 0 Å². The molecular formula is C15H29NS. The molecule has 100 valence electrons. The summed E-state index contributed by atoms with van der Waals surface area (Å²) < 4.78 is 0. The van der Waals surface area contributed by atoms with E-state index in [2.05, 4.69) is 58.2 Å². The van der Waals surface area contributed by atoms with Crippen LogP contribution in [0, 0.1) is 11.3 Å². The molecule has 0 amide bonds. The van der Waals surface area contributed by atoms with E-state index < -0.39 is 0 Å². The fraction of sp³-hybridized carbons (Fsp3) is 1.00. The summed E-state index contributed by atoms with van der Waals surface area (Å²) in [6.45, 7) is 14.4. The predicted molar refractivity (Wildman–Crippen MR) is 78.7 cm³/mol. The largest absolute Gasteiger partial charge is 0.291 e. The van der Waals surface area contributed by atoms with Crippen molar-refractivity contribution in [3.05, 3.63) is 0 Å². The van der Waals surface area contributed by atoms with Crippen LogP contribution in [0.5, 0.6) is 0 Å². The highest BCUT2D eigenvalue weighted by molar-refractivity contribution is 7.99. The zero-order chi connectivity index (χ0) is 12.8. The molecule has 0 aliphatic carbocycles. The second-order valence-electron chi connectivity index (χ2n) is 7.89. The Morgan fingerprint density at radius 3 is 2.24 bits per heavy atom. The van der Waals surface area contributed by atoms with Gasteiger partial charge in [-0.25, -0.2) is 0 Å². The maximum absolute atomic E-state index is 2.85. The van der Waals surface area contributed by atoms with Gasteiger partial charge in [0.15, 0.2) is 0 Å². The third-order valence-electron chi connectivity index (χ3n) is 4.46. The number of hydrogen-bond donors (Lipinski definition) is 0. The van der Waals surface area contributed by atoms with Gasteiger partial charge in [0.05, 0.1) is 0 Å². The topological polar surface area (TPSA) is 3.24 Å². The van der Waals surface area contributed by atoms with E-state index in [1.807, 2.05) is 0 Å². The summed E-state index contributed by atoms with van der Waals surface area (Å²) in [7, 11) is 0. The smallest absolute Gasteiger partial charge is 0.0223 e. The molecule has 2 heteroatoms. The van der Waals surface area contributed by atoms with Gasteiger partial charge in [0, 0.05) is 23.4 Å². The second kappa shape index (κ2) is 4.45. The van der Waals surface area contributed by atoms with Gasteiger partial charge in [0.1, 0.15) is 0 Å². The zero-order valence-corrected chi connectivity index (χ0v) is 13.2. The fourth-order valence-corrected chi connectivity index (χ4v) is 5.03. The lowest BCUT2D eigenvalue weighted by Gasteiger charge is -2.47. The first-order valence-corrected chi connectivity index (χ1v) is 8.23. The van der Waals surface area contributed by atoms with Crippen molar-refractivity contribution in [2.24, 2.45) is 11.3 Å². The molecule has 2 saturated heterocycles. The molecule has 0 spiro atoms. The molecule has 0 radical (unpaired) electrons. The predicted octanol–water partition coefficient (Wildman–Crippen LogP) is 4.03. The molecule has 3 unspecified atom stereocenters. The molecule has 1 nitrogen and oxygen atoms in total. The highest BCUT2D eigenvalue weighted by Crippen LogP contribution is 2.47. The van der Waals surface area contributed by atoms with Gasteiger partial charge in [-0.1, -0.05) is 20.8 Å². The van der Waals surface area contributed by atoms with E-state index in [0.717, 1.165) is 18.0 Å². The van der Waals surface area contributed by atoms with Gasteiger partial charge in [-0.3, -0.25) is 4.90 Å². The lowest BCUT2D eigenvalue weighted by atomic mass is 9.82. The summed E-state index contributed by atoms with van der Waals surface area (Å²) in [5.41, 5.74) is 0.727. The Labute approximate surface area is 112 Å². The Bertz CT molecular complexity index is 274. The van der Waals surface area contributed by atoms with Gasteiger partial charge in [0.2, 0.25) is 0 Å². The number of rotatable bonds is 0. The van der Waals surface area contributed by atoms with Gasteiger partial charge in [-0.15, -0.1) is 0 Å². The molecular weight excluding hydrogens is 226 g/mol. The Hall–Kier alpha value is 0.310. The van der Waals surface area contributed by atoms with Crippen molar-refractivity contribution in [1.82, 2.24) is 4.90 Å². The molecule has 3 atom stereocenters. The standard InChI is InChI=1S/C15H29NS/c1-14(2,3)13-9-11-7-8-17-10-12(11)16(13)15(4,5)6/h11-13H,7-10H2,1-6H3. The van der Waals surface area contributed by atoms with Crippen LogP contribution in [0.3, 0.4) is 0 Å². The highest BCUT2D eigenvalue weighted by atomic mass is 32.2. The van der Waals surface area contributed by atoms with Crippen molar-refractivity contribution in [2.75, 3.05) is 11.5 Å². The summed E-state index contributed by atoms with van der Waals surface area (Å²) in [5.74, 6) is 3.70. The van der Waals surface area contributed by atoms with Crippen LogP contribution in [0.4, 0.5) is 0 Å². The molecule has 0 saturated carbocycles. The van der Waals surface area contributed by atoms with Crippen molar-refractivity contribution in [2.45, 2.75) is 72.0 Å². The summed E-state index contributed by atoms with van der Waals surface area (Å²) in [4.78, 5) is 2.85. The van der Waals surface area contributed by atoms with Crippen LogP contribution in [0.25, 0.3) is 0 Å². The zero-order valence-electron chi connectivity index (χ0n) is 12.4. The normalized spacial score (nSPS) is 36.0. The van der Waals surface area contributed by atoms with E-state index in [0.29, 0.717) is 11.0 Å². The maximum atomic E-state index is 2.85. The molecule has 0 N–H and O–H groups in total. The Balaban J connectivity index is 2.27. The third-order valence-corrected chi connectivity index (χ3v) is 5.56. The average molecular weight is 255 g/mol. The van der Waals surface area contributed by atoms with Crippen molar-refractivity contribution >= 4 is 11.8 Å². The Kier molecular flexibility index (Phi) is 3.60. The van der Waals surface area contributed by atoms with E-state index in [4.69, 9.17) is 0 Å². The third kappa shape index (κ3) is 2.68.